The number of rotatable bonds is 4. The molecule has 0 saturated carbocycles. The second-order valence-electron chi connectivity index (χ2n) is 6.84. The summed E-state index contributed by atoms with van der Waals surface area (Å²) in [4.78, 5) is 12.2. The molecule has 1 aromatic rings. The van der Waals surface area contributed by atoms with Gasteiger partial charge in [-0.05, 0) is 54.0 Å². The molecule has 19 heavy (non-hydrogen) atoms. The molecule has 0 bridgehead atoms. The van der Waals surface area contributed by atoms with Crippen LogP contribution in [0.3, 0.4) is 0 Å². The van der Waals surface area contributed by atoms with Gasteiger partial charge in [-0.3, -0.25) is 9.48 Å². The van der Waals surface area contributed by atoms with Gasteiger partial charge in [-0.1, -0.05) is 13.3 Å². The van der Waals surface area contributed by atoms with Crippen LogP contribution >= 0.6 is 0 Å². The van der Waals surface area contributed by atoms with Gasteiger partial charge in [0.2, 0.25) is 0 Å². The van der Waals surface area contributed by atoms with E-state index in [2.05, 4.69) is 38.1 Å². The maximum atomic E-state index is 12.2. The lowest BCUT2D eigenvalue weighted by Crippen LogP contribution is -2.43. The van der Waals surface area contributed by atoms with Gasteiger partial charge < -0.3 is 5.32 Å². The Morgan fingerprint density at radius 1 is 1.32 bits per heavy atom. The first-order valence-electron chi connectivity index (χ1n) is 6.96. The van der Waals surface area contributed by atoms with Crippen LogP contribution in [0.4, 0.5) is 0 Å². The smallest absolute Gasteiger partial charge is 0.272 e. The molecule has 0 aliphatic rings. The highest BCUT2D eigenvalue weighted by Crippen LogP contribution is 2.18. The summed E-state index contributed by atoms with van der Waals surface area (Å²) in [7, 11) is 0. The number of carbonyl (C=O) groups excluding carboxylic acids is 1. The van der Waals surface area contributed by atoms with Crippen LogP contribution in [-0.2, 0) is 5.54 Å². The van der Waals surface area contributed by atoms with Crippen LogP contribution in [0.1, 0.15) is 70.6 Å². The fraction of sp³-hybridized carbons (Fsp3) is 0.733. The van der Waals surface area contributed by atoms with Crippen molar-refractivity contribution in [1.29, 1.82) is 0 Å². The SMILES string of the molecule is CCCC(C)(C)NC(=O)c1cc(C)n(C(C)(C)C)n1. The number of aromatic nitrogens is 2. The van der Waals surface area contributed by atoms with Crippen molar-refractivity contribution in [2.24, 2.45) is 0 Å². The molecule has 0 saturated heterocycles. The van der Waals surface area contributed by atoms with Crippen LogP contribution in [0.5, 0.6) is 0 Å². The molecule has 0 aromatic carbocycles. The van der Waals surface area contributed by atoms with Crippen molar-refractivity contribution in [3.05, 3.63) is 17.5 Å². The first-order chi connectivity index (χ1) is 8.57. The monoisotopic (exact) mass is 265 g/mol. The Balaban J connectivity index is 2.90. The molecule has 1 aromatic heterocycles. The van der Waals surface area contributed by atoms with Gasteiger partial charge in [-0.15, -0.1) is 0 Å². The van der Waals surface area contributed by atoms with E-state index in [0.29, 0.717) is 5.69 Å². The Hall–Kier alpha value is -1.32. The molecule has 1 amide bonds. The van der Waals surface area contributed by atoms with E-state index in [-0.39, 0.29) is 17.0 Å². The van der Waals surface area contributed by atoms with E-state index in [4.69, 9.17) is 0 Å². The Morgan fingerprint density at radius 2 is 1.89 bits per heavy atom. The molecule has 0 spiro atoms. The van der Waals surface area contributed by atoms with Crippen LogP contribution in [0.25, 0.3) is 0 Å². The highest BCUT2D eigenvalue weighted by Gasteiger charge is 2.24. The van der Waals surface area contributed by atoms with Crippen molar-refractivity contribution in [3.63, 3.8) is 0 Å². The first kappa shape index (κ1) is 15.7. The third kappa shape index (κ3) is 4.08. The van der Waals surface area contributed by atoms with Gasteiger partial charge in [0.15, 0.2) is 0 Å². The number of amides is 1. The highest BCUT2D eigenvalue weighted by molar-refractivity contribution is 5.92. The lowest BCUT2D eigenvalue weighted by Gasteiger charge is -2.25. The van der Waals surface area contributed by atoms with Crippen molar-refractivity contribution in [2.45, 2.75) is 72.4 Å². The van der Waals surface area contributed by atoms with E-state index >= 15 is 0 Å². The van der Waals surface area contributed by atoms with E-state index in [1.807, 2.05) is 31.5 Å². The maximum Gasteiger partial charge on any atom is 0.272 e. The Morgan fingerprint density at radius 3 is 2.32 bits per heavy atom. The number of hydrogen-bond acceptors (Lipinski definition) is 2. The number of carbonyl (C=O) groups is 1. The summed E-state index contributed by atoms with van der Waals surface area (Å²) in [5.41, 5.74) is 1.20. The largest absolute Gasteiger partial charge is 0.346 e. The number of nitrogens with one attached hydrogen (secondary N) is 1. The van der Waals surface area contributed by atoms with Gasteiger partial charge in [-0.2, -0.15) is 5.10 Å². The van der Waals surface area contributed by atoms with E-state index in [1.165, 1.54) is 0 Å². The van der Waals surface area contributed by atoms with Crippen molar-refractivity contribution < 1.29 is 4.79 Å². The van der Waals surface area contributed by atoms with Gasteiger partial charge in [0.25, 0.3) is 5.91 Å². The third-order valence-electron chi connectivity index (χ3n) is 3.08. The fourth-order valence-electron chi connectivity index (χ4n) is 2.32. The van der Waals surface area contributed by atoms with Gasteiger partial charge >= 0.3 is 0 Å². The average Bonchev–Trinajstić information content (AvgIpc) is 2.58. The molecule has 1 heterocycles. The van der Waals surface area contributed by atoms with Gasteiger partial charge in [0.05, 0.1) is 5.54 Å². The molecule has 0 atom stereocenters. The van der Waals surface area contributed by atoms with Crippen molar-refractivity contribution in [3.8, 4) is 0 Å². The van der Waals surface area contributed by atoms with Crippen LogP contribution in [0.2, 0.25) is 0 Å². The number of aryl methyl sites for hydroxylation is 1. The highest BCUT2D eigenvalue weighted by atomic mass is 16.2. The van der Waals surface area contributed by atoms with Crippen LogP contribution in [0.15, 0.2) is 6.07 Å². The Bertz CT molecular complexity index is 452. The number of nitrogens with zero attached hydrogens (tertiary/aromatic N) is 2. The zero-order valence-corrected chi connectivity index (χ0v) is 13.3. The minimum absolute atomic E-state index is 0.0930. The molecule has 0 aliphatic carbocycles. The average molecular weight is 265 g/mol. The van der Waals surface area contributed by atoms with Crippen molar-refractivity contribution in [1.82, 2.24) is 15.1 Å². The Labute approximate surface area is 116 Å². The van der Waals surface area contributed by atoms with Gasteiger partial charge in [0.1, 0.15) is 5.69 Å². The molecule has 1 N–H and O–H groups in total. The first-order valence-corrected chi connectivity index (χ1v) is 6.96. The molecule has 0 radical (unpaired) electrons. The molecule has 4 nitrogen and oxygen atoms in total. The molecule has 0 fully saturated rings. The molecular weight excluding hydrogens is 238 g/mol. The Kier molecular flexibility index (Phi) is 4.43. The standard InChI is InChI=1S/C15H27N3O/c1-8-9-15(6,7)16-13(19)12-10-11(2)18(17-12)14(3,4)5/h10H,8-9H2,1-7H3,(H,16,19). The summed E-state index contributed by atoms with van der Waals surface area (Å²) in [6.07, 6.45) is 2.00. The van der Waals surface area contributed by atoms with Gasteiger partial charge in [0, 0.05) is 11.2 Å². The third-order valence-corrected chi connectivity index (χ3v) is 3.08. The molecule has 1 rings (SSSR count). The second-order valence-corrected chi connectivity index (χ2v) is 6.84. The van der Waals surface area contributed by atoms with Gasteiger partial charge in [-0.25, -0.2) is 0 Å². The van der Waals surface area contributed by atoms with Crippen LogP contribution in [0, 0.1) is 6.92 Å². The molecular formula is C15H27N3O. The van der Waals surface area contributed by atoms with E-state index in [9.17, 15) is 4.79 Å². The van der Waals surface area contributed by atoms with E-state index < -0.39 is 0 Å². The topological polar surface area (TPSA) is 46.9 Å². The quantitative estimate of drug-likeness (QED) is 0.908. The summed E-state index contributed by atoms with van der Waals surface area (Å²) in [6.45, 7) is 14.4. The summed E-state index contributed by atoms with van der Waals surface area (Å²) < 4.78 is 1.90. The second kappa shape index (κ2) is 5.35. The van der Waals surface area contributed by atoms with Crippen molar-refractivity contribution in [2.75, 3.05) is 0 Å². The lowest BCUT2D eigenvalue weighted by molar-refractivity contribution is 0.0902. The van der Waals surface area contributed by atoms with E-state index in [0.717, 1.165) is 18.5 Å². The predicted octanol–water partition coefficient (Wildman–Crippen LogP) is 3.26. The summed E-state index contributed by atoms with van der Waals surface area (Å²) >= 11 is 0. The molecule has 0 unspecified atom stereocenters. The molecule has 0 aliphatic heterocycles. The zero-order chi connectivity index (χ0) is 14.8. The predicted molar refractivity (Wildman–Crippen MR) is 78.4 cm³/mol. The summed E-state index contributed by atoms with van der Waals surface area (Å²) in [5.74, 6) is -0.0930. The van der Waals surface area contributed by atoms with Crippen LogP contribution < -0.4 is 5.32 Å². The van der Waals surface area contributed by atoms with Crippen LogP contribution in [-0.4, -0.2) is 21.2 Å². The lowest BCUT2D eigenvalue weighted by atomic mass is 9.99. The summed E-state index contributed by atoms with van der Waals surface area (Å²) in [5, 5.41) is 7.48. The normalized spacial score (nSPS) is 12.6. The van der Waals surface area contributed by atoms with E-state index in [1.54, 1.807) is 0 Å². The number of hydrogen-bond donors (Lipinski definition) is 1. The zero-order valence-electron chi connectivity index (χ0n) is 13.3. The fourth-order valence-corrected chi connectivity index (χ4v) is 2.32. The molecule has 4 heteroatoms. The van der Waals surface area contributed by atoms with Crippen molar-refractivity contribution >= 4 is 5.91 Å². The molecule has 108 valence electrons. The maximum absolute atomic E-state index is 12.2. The minimum atomic E-state index is -0.189. The summed E-state index contributed by atoms with van der Waals surface area (Å²) in [6, 6.07) is 1.85. The minimum Gasteiger partial charge on any atom is -0.346 e.